The predicted molar refractivity (Wildman–Crippen MR) is 111 cm³/mol. The molecule has 144 valence electrons. The minimum absolute atomic E-state index is 0.0851. The van der Waals surface area contributed by atoms with Gasteiger partial charge in [-0.25, -0.2) is 8.42 Å². The van der Waals surface area contributed by atoms with Gasteiger partial charge in [0.1, 0.15) is 0 Å². The maximum Gasteiger partial charge on any atom is 0.261 e. The van der Waals surface area contributed by atoms with Crippen molar-refractivity contribution in [2.75, 3.05) is 16.2 Å². The highest BCUT2D eigenvalue weighted by atomic mass is 32.2. The second-order valence-corrected chi connectivity index (χ2v) is 9.92. The number of anilines is 2. The van der Waals surface area contributed by atoms with E-state index in [1.807, 2.05) is 32.0 Å². The second-order valence-electron chi connectivity index (χ2n) is 6.76. The molecule has 0 saturated carbocycles. The number of thioether (sulfide) groups is 1. The molecule has 1 heterocycles. The first-order chi connectivity index (χ1) is 12.7. The fourth-order valence-electron chi connectivity index (χ4n) is 3.25. The number of hydrogen-bond acceptors (Lipinski definition) is 4. The molecule has 0 unspecified atom stereocenters. The van der Waals surface area contributed by atoms with Crippen molar-refractivity contribution in [3.63, 3.8) is 0 Å². The van der Waals surface area contributed by atoms with Crippen LogP contribution in [0.4, 0.5) is 11.4 Å². The summed E-state index contributed by atoms with van der Waals surface area (Å²) in [6.45, 7) is 8.02. The van der Waals surface area contributed by atoms with E-state index in [-0.39, 0.29) is 16.1 Å². The van der Waals surface area contributed by atoms with E-state index in [1.165, 1.54) is 6.92 Å². The maximum absolute atomic E-state index is 13.0. The van der Waals surface area contributed by atoms with Gasteiger partial charge in [-0.05, 0) is 42.7 Å². The number of carbonyl (C=O) groups excluding carboxylic acids is 1. The number of nitrogens with zero attached hydrogens (tertiary/aromatic N) is 1. The zero-order valence-corrected chi connectivity index (χ0v) is 17.6. The number of sulfonamides is 1. The van der Waals surface area contributed by atoms with E-state index in [2.05, 4.69) is 11.6 Å². The number of amides is 1. The monoisotopic (exact) mass is 404 g/mol. The van der Waals surface area contributed by atoms with Crippen LogP contribution in [0.5, 0.6) is 0 Å². The standard InChI is InChI=1S/C20H24N2O3S2/c1-5-16-8-6-7-13(2)20(16)21-27(24,25)17-9-10-19-18(11-17)22(15(4)23)12-14(3)26-19/h6-11,14,21H,5,12H2,1-4H3/t14-/m1/s1. The fourth-order valence-corrected chi connectivity index (χ4v) is 5.53. The average Bonchev–Trinajstić information content (AvgIpc) is 2.62. The molecule has 1 aliphatic rings. The van der Waals surface area contributed by atoms with E-state index in [1.54, 1.807) is 34.9 Å². The molecule has 5 nitrogen and oxygen atoms in total. The van der Waals surface area contributed by atoms with E-state index in [9.17, 15) is 13.2 Å². The summed E-state index contributed by atoms with van der Waals surface area (Å²) in [7, 11) is -3.76. The van der Waals surface area contributed by atoms with Crippen molar-refractivity contribution in [1.82, 2.24) is 0 Å². The Morgan fingerprint density at radius 1 is 1.30 bits per heavy atom. The van der Waals surface area contributed by atoms with Crippen molar-refractivity contribution in [3.05, 3.63) is 47.5 Å². The lowest BCUT2D eigenvalue weighted by Crippen LogP contribution is -2.37. The Kier molecular flexibility index (Phi) is 5.53. The molecule has 1 aliphatic heterocycles. The highest BCUT2D eigenvalue weighted by molar-refractivity contribution is 8.00. The molecule has 0 radical (unpaired) electrons. The zero-order chi connectivity index (χ0) is 19.8. The molecule has 1 amide bonds. The summed E-state index contributed by atoms with van der Waals surface area (Å²) < 4.78 is 28.8. The quantitative estimate of drug-likeness (QED) is 0.829. The number of nitrogens with one attached hydrogen (secondary N) is 1. The van der Waals surface area contributed by atoms with Crippen molar-refractivity contribution in [2.45, 2.75) is 49.2 Å². The molecule has 0 aromatic heterocycles. The van der Waals surface area contributed by atoms with Gasteiger partial charge < -0.3 is 4.90 Å². The third-order valence-electron chi connectivity index (χ3n) is 4.66. The molecule has 1 N–H and O–H groups in total. The van der Waals surface area contributed by atoms with Crippen LogP contribution in [-0.4, -0.2) is 26.1 Å². The molecular weight excluding hydrogens is 380 g/mol. The number of benzene rings is 2. The summed E-state index contributed by atoms with van der Waals surface area (Å²) in [4.78, 5) is 14.8. The fraction of sp³-hybridized carbons (Fsp3) is 0.350. The van der Waals surface area contributed by atoms with Crippen molar-refractivity contribution in [1.29, 1.82) is 0 Å². The lowest BCUT2D eigenvalue weighted by Gasteiger charge is -2.32. The number of rotatable bonds is 4. The third-order valence-corrected chi connectivity index (χ3v) is 7.15. The van der Waals surface area contributed by atoms with Gasteiger partial charge in [-0.1, -0.05) is 32.0 Å². The lowest BCUT2D eigenvalue weighted by molar-refractivity contribution is -0.116. The highest BCUT2D eigenvalue weighted by Gasteiger charge is 2.27. The SMILES string of the molecule is CCc1cccc(C)c1NS(=O)(=O)c1ccc2c(c1)N(C(C)=O)C[C@@H](C)S2. The smallest absolute Gasteiger partial charge is 0.261 e. The van der Waals surface area contributed by atoms with Crippen LogP contribution in [0.25, 0.3) is 0 Å². The number of carbonyl (C=O) groups is 1. The number of para-hydroxylation sites is 1. The molecule has 0 aliphatic carbocycles. The van der Waals surface area contributed by atoms with Crippen LogP contribution < -0.4 is 9.62 Å². The average molecular weight is 405 g/mol. The van der Waals surface area contributed by atoms with Crippen LogP contribution in [0, 0.1) is 6.92 Å². The Balaban J connectivity index is 2.02. The Hall–Kier alpha value is -1.99. The highest BCUT2D eigenvalue weighted by Crippen LogP contribution is 2.40. The Morgan fingerprint density at radius 3 is 2.70 bits per heavy atom. The van der Waals surface area contributed by atoms with Crippen LogP contribution in [0.15, 0.2) is 46.2 Å². The van der Waals surface area contributed by atoms with Gasteiger partial charge in [0.25, 0.3) is 10.0 Å². The van der Waals surface area contributed by atoms with Crippen molar-refractivity contribution in [2.24, 2.45) is 0 Å². The summed E-state index contributed by atoms with van der Waals surface area (Å²) in [6.07, 6.45) is 0.733. The van der Waals surface area contributed by atoms with Gasteiger partial charge in [0.15, 0.2) is 0 Å². The van der Waals surface area contributed by atoms with Crippen LogP contribution in [0.3, 0.4) is 0 Å². The van der Waals surface area contributed by atoms with E-state index in [0.717, 1.165) is 22.4 Å². The minimum Gasteiger partial charge on any atom is -0.310 e. The molecule has 27 heavy (non-hydrogen) atoms. The molecule has 1 atom stereocenters. The number of aryl methyl sites for hydroxylation is 2. The van der Waals surface area contributed by atoms with E-state index >= 15 is 0 Å². The van der Waals surface area contributed by atoms with Gasteiger partial charge in [-0.15, -0.1) is 11.8 Å². The first kappa shape index (κ1) is 19.8. The van der Waals surface area contributed by atoms with Gasteiger partial charge in [-0.3, -0.25) is 9.52 Å². The first-order valence-electron chi connectivity index (χ1n) is 8.93. The number of hydrogen-bond donors (Lipinski definition) is 1. The van der Waals surface area contributed by atoms with Crippen LogP contribution >= 0.6 is 11.8 Å². The largest absolute Gasteiger partial charge is 0.310 e. The van der Waals surface area contributed by atoms with Gasteiger partial charge in [0.2, 0.25) is 5.91 Å². The maximum atomic E-state index is 13.0. The normalized spacial score (nSPS) is 16.7. The van der Waals surface area contributed by atoms with Crippen molar-refractivity contribution in [3.8, 4) is 0 Å². The van der Waals surface area contributed by atoms with Crippen LogP contribution in [-0.2, 0) is 21.2 Å². The zero-order valence-electron chi connectivity index (χ0n) is 15.9. The number of fused-ring (bicyclic) bond motifs is 1. The summed E-state index contributed by atoms with van der Waals surface area (Å²) in [6, 6.07) is 10.7. The molecule has 2 aromatic carbocycles. The molecule has 0 fully saturated rings. The minimum atomic E-state index is -3.76. The molecule has 0 saturated heterocycles. The Labute approximate surface area is 165 Å². The lowest BCUT2D eigenvalue weighted by atomic mass is 10.1. The van der Waals surface area contributed by atoms with Gasteiger partial charge >= 0.3 is 0 Å². The van der Waals surface area contributed by atoms with E-state index < -0.39 is 10.0 Å². The van der Waals surface area contributed by atoms with Crippen LogP contribution in [0.2, 0.25) is 0 Å². The van der Waals surface area contributed by atoms with Gasteiger partial charge in [0, 0.05) is 23.6 Å². The van der Waals surface area contributed by atoms with Gasteiger partial charge in [0.05, 0.1) is 16.3 Å². The molecule has 3 rings (SSSR count). The summed E-state index contributed by atoms with van der Waals surface area (Å²) in [5.74, 6) is -0.0851. The summed E-state index contributed by atoms with van der Waals surface area (Å²) in [5.41, 5.74) is 3.12. The summed E-state index contributed by atoms with van der Waals surface area (Å²) >= 11 is 1.66. The summed E-state index contributed by atoms with van der Waals surface area (Å²) in [5, 5.41) is 0.265. The van der Waals surface area contributed by atoms with Crippen molar-refractivity contribution < 1.29 is 13.2 Å². The molecule has 2 aromatic rings. The van der Waals surface area contributed by atoms with Crippen LogP contribution in [0.1, 0.15) is 31.9 Å². The molecule has 0 bridgehead atoms. The molecule has 7 heteroatoms. The Morgan fingerprint density at radius 2 is 2.04 bits per heavy atom. The predicted octanol–water partition coefficient (Wildman–Crippen LogP) is 4.21. The topological polar surface area (TPSA) is 66.5 Å². The molecule has 0 spiro atoms. The van der Waals surface area contributed by atoms with Crippen molar-refractivity contribution >= 4 is 39.1 Å². The van der Waals surface area contributed by atoms with Gasteiger partial charge in [-0.2, -0.15) is 0 Å². The van der Waals surface area contributed by atoms with E-state index in [0.29, 0.717) is 17.9 Å². The van der Waals surface area contributed by atoms with E-state index in [4.69, 9.17) is 0 Å². The second kappa shape index (κ2) is 7.56. The first-order valence-corrected chi connectivity index (χ1v) is 11.3. The molecular formula is C20H24N2O3S2. The Bertz CT molecular complexity index is 987. The third kappa shape index (κ3) is 3.99.